The van der Waals surface area contributed by atoms with Crippen molar-refractivity contribution in [1.29, 1.82) is 5.26 Å². The van der Waals surface area contributed by atoms with E-state index < -0.39 is 11.7 Å². The maximum atomic E-state index is 13.8. The monoisotopic (exact) mass is 371 g/mol. The van der Waals surface area contributed by atoms with E-state index >= 15 is 0 Å². The number of hydrogen-bond donors (Lipinski definition) is 1. The van der Waals surface area contributed by atoms with Crippen molar-refractivity contribution in [3.8, 4) is 6.07 Å². The van der Waals surface area contributed by atoms with E-state index in [2.05, 4.69) is 11.4 Å². The smallest absolute Gasteiger partial charge is 0.370 e. The summed E-state index contributed by atoms with van der Waals surface area (Å²) >= 11 is 0. The molecule has 2 heterocycles. The molecule has 4 rings (SSSR count). The molecule has 0 bridgehead atoms. The molecule has 6 heteroatoms. The maximum absolute atomic E-state index is 13.8. The van der Waals surface area contributed by atoms with E-state index in [4.69, 9.17) is 5.26 Å². The van der Waals surface area contributed by atoms with Crippen LogP contribution in [0.3, 0.4) is 0 Å². The predicted molar refractivity (Wildman–Crippen MR) is 97.8 cm³/mol. The summed E-state index contributed by atoms with van der Waals surface area (Å²) in [6, 6.07) is 12.4. The minimum absolute atomic E-state index is 0.0743. The quantitative estimate of drug-likeness (QED) is 0.865. The zero-order valence-corrected chi connectivity index (χ0v) is 15.0. The summed E-state index contributed by atoms with van der Waals surface area (Å²) in [5, 5.41) is 12.4. The lowest BCUT2D eigenvalue weighted by atomic mass is 9.88. The van der Waals surface area contributed by atoms with Crippen LogP contribution in [0.1, 0.15) is 40.2 Å². The average molecular weight is 371 g/mol. The van der Waals surface area contributed by atoms with Gasteiger partial charge in [-0.1, -0.05) is 18.2 Å². The topological polar surface area (TPSA) is 39.1 Å². The first-order chi connectivity index (χ1) is 12.9. The first-order valence-corrected chi connectivity index (χ1v) is 9.05. The number of nitriles is 1. The van der Waals surface area contributed by atoms with Gasteiger partial charge in [0.25, 0.3) is 0 Å². The van der Waals surface area contributed by atoms with E-state index in [-0.39, 0.29) is 12.0 Å². The molecule has 0 aliphatic carbocycles. The molecular formula is C21H20F3N3. The molecule has 1 saturated heterocycles. The van der Waals surface area contributed by atoms with Gasteiger partial charge in [0.05, 0.1) is 22.9 Å². The van der Waals surface area contributed by atoms with Crippen LogP contribution in [0.4, 0.5) is 18.9 Å². The molecule has 0 spiro atoms. The standard InChI is InChI=1S/C21H20F3N3/c1-27-19-5-6-26-12-17(19)16-9-15(10-18(20(16)27)21(22,23)24)8-13-3-2-4-14(7-13)11-25/h2-4,7,9-10,17,19,26H,5-6,8,12H2,1H3/t17-,19-/m1/s1. The molecule has 0 radical (unpaired) electrons. The normalized spacial score (nSPS) is 21.5. The molecule has 3 nitrogen and oxygen atoms in total. The molecule has 140 valence electrons. The van der Waals surface area contributed by atoms with Crippen LogP contribution in [0.5, 0.6) is 0 Å². The third-order valence-electron chi connectivity index (χ3n) is 5.66. The van der Waals surface area contributed by atoms with Crippen LogP contribution in [0.15, 0.2) is 36.4 Å². The molecule has 0 aromatic heterocycles. The van der Waals surface area contributed by atoms with Crippen molar-refractivity contribution in [2.45, 2.75) is 31.0 Å². The Bertz CT molecular complexity index is 914. The molecule has 0 saturated carbocycles. The molecule has 0 unspecified atom stereocenters. The highest BCUT2D eigenvalue weighted by Crippen LogP contribution is 2.49. The molecule has 2 aliphatic heterocycles. The Morgan fingerprint density at radius 2 is 2.04 bits per heavy atom. The number of halogens is 3. The average Bonchev–Trinajstić information content (AvgIpc) is 2.93. The number of anilines is 1. The number of fused-ring (bicyclic) bond motifs is 3. The molecule has 2 aliphatic rings. The van der Waals surface area contributed by atoms with Gasteiger partial charge in [-0.2, -0.15) is 18.4 Å². The van der Waals surface area contributed by atoms with E-state index in [0.29, 0.717) is 29.8 Å². The fraction of sp³-hybridized carbons (Fsp3) is 0.381. The molecule has 2 atom stereocenters. The maximum Gasteiger partial charge on any atom is 0.418 e. The molecular weight excluding hydrogens is 351 g/mol. The van der Waals surface area contributed by atoms with Crippen LogP contribution in [-0.2, 0) is 12.6 Å². The lowest BCUT2D eigenvalue weighted by molar-refractivity contribution is -0.137. The van der Waals surface area contributed by atoms with Crippen molar-refractivity contribution in [3.63, 3.8) is 0 Å². The van der Waals surface area contributed by atoms with Crippen LogP contribution >= 0.6 is 0 Å². The molecule has 1 fully saturated rings. The molecule has 2 aromatic carbocycles. The Morgan fingerprint density at radius 3 is 2.78 bits per heavy atom. The van der Waals surface area contributed by atoms with Crippen molar-refractivity contribution >= 4 is 5.69 Å². The number of piperidine rings is 1. The molecule has 27 heavy (non-hydrogen) atoms. The van der Waals surface area contributed by atoms with Crippen LogP contribution in [-0.4, -0.2) is 26.2 Å². The van der Waals surface area contributed by atoms with E-state index in [1.165, 1.54) is 6.07 Å². The van der Waals surface area contributed by atoms with Crippen molar-refractivity contribution < 1.29 is 13.2 Å². The summed E-state index contributed by atoms with van der Waals surface area (Å²) < 4.78 is 41.5. The van der Waals surface area contributed by atoms with Crippen molar-refractivity contribution in [1.82, 2.24) is 5.32 Å². The van der Waals surface area contributed by atoms with Gasteiger partial charge in [0.1, 0.15) is 0 Å². The first kappa shape index (κ1) is 17.9. The second-order valence-corrected chi connectivity index (χ2v) is 7.35. The Morgan fingerprint density at radius 1 is 1.22 bits per heavy atom. The van der Waals surface area contributed by atoms with Crippen LogP contribution < -0.4 is 10.2 Å². The lowest BCUT2D eigenvalue weighted by Crippen LogP contribution is -2.42. The van der Waals surface area contributed by atoms with E-state index in [9.17, 15) is 13.2 Å². The van der Waals surface area contributed by atoms with Gasteiger partial charge in [-0.15, -0.1) is 0 Å². The zero-order chi connectivity index (χ0) is 19.2. The van der Waals surface area contributed by atoms with Crippen molar-refractivity contribution in [2.75, 3.05) is 25.0 Å². The summed E-state index contributed by atoms with van der Waals surface area (Å²) in [5.41, 5.74) is 2.55. The number of likely N-dealkylation sites (N-methyl/N-ethyl adjacent to an activating group) is 1. The SMILES string of the molecule is CN1c2c(cc(Cc3cccc(C#N)c3)cc2C(F)(F)F)[C@H]2CNCC[C@H]21. The Kier molecular flexibility index (Phi) is 4.35. The highest BCUT2D eigenvalue weighted by molar-refractivity contribution is 5.68. The second-order valence-electron chi connectivity index (χ2n) is 7.35. The Balaban J connectivity index is 1.80. The van der Waals surface area contributed by atoms with Gasteiger partial charge in [-0.05, 0) is 54.3 Å². The van der Waals surface area contributed by atoms with E-state index in [0.717, 1.165) is 24.1 Å². The number of nitrogens with zero attached hydrogens (tertiary/aromatic N) is 2. The predicted octanol–water partition coefficient (Wildman–Crippen LogP) is 4.06. The van der Waals surface area contributed by atoms with Gasteiger partial charge in [0.2, 0.25) is 0 Å². The summed E-state index contributed by atoms with van der Waals surface area (Å²) in [6.07, 6.45) is -3.18. The number of nitrogens with one attached hydrogen (secondary N) is 1. The van der Waals surface area contributed by atoms with Crippen LogP contribution in [0, 0.1) is 11.3 Å². The third kappa shape index (κ3) is 3.17. The summed E-state index contributed by atoms with van der Waals surface area (Å²) in [5.74, 6) is 0.0743. The number of hydrogen-bond acceptors (Lipinski definition) is 3. The van der Waals surface area contributed by atoms with Gasteiger partial charge in [0, 0.05) is 25.6 Å². The molecule has 0 amide bonds. The third-order valence-corrected chi connectivity index (χ3v) is 5.66. The Labute approximate surface area is 156 Å². The zero-order valence-electron chi connectivity index (χ0n) is 15.0. The molecule has 1 N–H and O–H groups in total. The number of benzene rings is 2. The van der Waals surface area contributed by atoms with E-state index in [1.807, 2.05) is 17.0 Å². The summed E-state index contributed by atoms with van der Waals surface area (Å²) in [4.78, 5) is 1.82. The van der Waals surface area contributed by atoms with Gasteiger partial charge in [-0.25, -0.2) is 0 Å². The fourth-order valence-electron chi connectivity index (χ4n) is 4.49. The van der Waals surface area contributed by atoms with E-state index in [1.54, 1.807) is 25.2 Å². The first-order valence-electron chi connectivity index (χ1n) is 9.05. The Hall–Kier alpha value is -2.52. The number of alkyl halides is 3. The molecule has 2 aromatic rings. The van der Waals surface area contributed by atoms with Gasteiger partial charge < -0.3 is 10.2 Å². The number of rotatable bonds is 2. The second kappa shape index (κ2) is 6.58. The van der Waals surface area contributed by atoms with Crippen molar-refractivity contribution in [2.24, 2.45) is 0 Å². The minimum Gasteiger partial charge on any atom is -0.370 e. The highest BCUT2D eigenvalue weighted by atomic mass is 19.4. The summed E-state index contributed by atoms with van der Waals surface area (Å²) in [6.45, 7) is 1.53. The summed E-state index contributed by atoms with van der Waals surface area (Å²) in [7, 11) is 1.78. The van der Waals surface area contributed by atoms with Gasteiger partial charge >= 0.3 is 6.18 Å². The van der Waals surface area contributed by atoms with Crippen LogP contribution in [0.2, 0.25) is 0 Å². The minimum atomic E-state index is -4.40. The van der Waals surface area contributed by atoms with Crippen molar-refractivity contribution in [3.05, 3.63) is 64.2 Å². The van der Waals surface area contributed by atoms with Gasteiger partial charge in [0.15, 0.2) is 0 Å². The van der Waals surface area contributed by atoms with Crippen LogP contribution in [0.25, 0.3) is 0 Å². The largest absolute Gasteiger partial charge is 0.418 e. The highest BCUT2D eigenvalue weighted by Gasteiger charge is 2.44. The lowest BCUT2D eigenvalue weighted by Gasteiger charge is -2.31. The van der Waals surface area contributed by atoms with Gasteiger partial charge in [-0.3, -0.25) is 0 Å². The fourth-order valence-corrected chi connectivity index (χ4v) is 4.49.